The minimum atomic E-state index is -0.740. The van der Waals surface area contributed by atoms with Gasteiger partial charge in [0, 0.05) is 26.2 Å². The number of likely N-dealkylation sites (tertiary alicyclic amines) is 1. The molecule has 118 valence electrons. The number of hydrogen-bond donors (Lipinski definition) is 0. The van der Waals surface area contributed by atoms with Gasteiger partial charge in [-0.05, 0) is 60.9 Å². The zero-order valence-electron chi connectivity index (χ0n) is 14.0. The van der Waals surface area contributed by atoms with E-state index in [2.05, 4.69) is 16.8 Å². The lowest BCUT2D eigenvalue weighted by molar-refractivity contribution is -0.154. The van der Waals surface area contributed by atoms with Crippen LogP contribution >= 0.6 is 0 Å². The van der Waals surface area contributed by atoms with Crippen LogP contribution in [-0.2, 0) is 9.53 Å². The minimum Gasteiger partial charge on any atom is -0.369 e. The molecule has 1 heterocycles. The van der Waals surface area contributed by atoms with Gasteiger partial charge in [0.2, 0.25) is 0 Å². The first kappa shape index (κ1) is 17.4. The summed E-state index contributed by atoms with van der Waals surface area (Å²) in [5, 5.41) is 0. The summed E-state index contributed by atoms with van der Waals surface area (Å²) in [4.78, 5) is 19.2. The molecule has 0 aromatic heterocycles. The highest BCUT2D eigenvalue weighted by molar-refractivity contribution is 5.84. The maximum absolute atomic E-state index is 12.8. The number of rotatable bonds is 6. The van der Waals surface area contributed by atoms with Crippen molar-refractivity contribution in [2.24, 2.45) is 0 Å². The highest BCUT2D eigenvalue weighted by Crippen LogP contribution is 2.21. The summed E-state index contributed by atoms with van der Waals surface area (Å²) in [5.74, 6) is 0.108. The lowest BCUT2D eigenvalue weighted by atomic mass is 10.00. The van der Waals surface area contributed by atoms with Gasteiger partial charge in [-0.25, -0.2) is 0 Å². The molecule has 0 spiro atoms. The highest BCUT2D eigenvalue weighted by Gasteiger charge is 2.36. The fourth-order valence-corrected chi connectivity index (χ4v) is 2.50. The van der Waals surface area contributed by atoms with Crippen LogP contribution in [0, 0.1) is 0 Å². The molecule has 1 aliphatic rings. The number of ether oxygens (including phenoxy) is 1. The second kappa shape index (κ2) is 7.38. The van der Waals surface area contributed by atoms with E-state index in [0.717, 1.165) is 39.0 Å². The van der Waals surface area contributed by atoms with Crippen molar-refractivity contribution in [1.29, 1.82) is 0 Å². The van der Waals surface area contributed by atoms with Crippen molar-refractivity contribution in [3.63, 3.8) is 0 Å². The minimum absolute atomic E-state index is 0.108. The summed E-state index contributed by atoms with van der Waals surface area (Å²) < 4.78 is 5.38. The molecule has 0 unspecified atom stereocenters. The third kappa shape index (κ3) is 4.72. The smallest absolute Gasteiger partial charge is 0.254 e. The topological polar surface area (TPSA) is 36.0 Å². The van der Waals surface area contributed by atoms with E-state index in [0.29, 0.717) is 6.04 Å². The van der Waals surface area contributed by atoms with Crippen molar-refractivity contribution in [3.8, 4) is 0 Å². The molecule has 0 atom stereocenters. The highest BCUT2D eigenvalue weighted by atomic mass is 16.5. The Kier molecular flexibility index (Phi) is 6.43. The Morgan fingerprint density at radius 2 is 1.80 bits per heavy atom. The molecule has 0 aromatic rings. The quantitative estimate of drug-likeness (QED) is 0.726. The predicted molar refractivity (Wildman–Crippen MR) is 81.9 cm³/mol. The molecule has 0 radical (unpaired) electrons. The van der Waals surface area contributed by atoms with Crippen LogP contribution < -0.4 is 0 Å². The molecule has 1 aliphatic heterocycles. The maximum atomic E-state index is 12.8. The average molecular weight is 285 g/mol. The third-order valence-corrected chi connectivity index (χ3v) is 4.20. The number of carbonyl (C=O) groups is 1. The van der Waals surface area contributed by atoms with Crippen molar-refractivity contribution in [2.75, 3.05) is 54.4 Å². The van der Waals surface area contributed by atoms with Gasteiger partial charge in [-0.2, -0.15) is 0 Å². The van der Waals surface area contributed by atoms with Crippen molar-refractivity contribution in [1.82, 2.24) is 14.7 Å². The largest absolute Gasteiger partial charge is 0.369 e. The maximum Gasteiger partial charge on any atom is 0.254 e. The first-order valence-electron chi connectivity index (χ1n) is 7.47. The molecule has 0 aliphatic carbocycles. The van der Waals surface area contributed by atoms with Gasteiger partial charge in [-0.3, -0.25) is 4.79 Å². The van der Waals surface area contributed by atoms with E-state index < -0.39 is 5.60 Å². The first-order valence-corrected chi connectivity index (χ1v) is 7.47. The molecule has 0 aromatic carbocycles. The molecule has 5 heteroatoms. The molecule has 20 heavy (non-hydrogen) atoms. The lowest BCUT2D eigenvalue weighted by Gasteiger charge is -2.40. The second-order valence-corrected chi connectivity index (χ2v) is 6.55. The van der Waals surface area contributed by atoms with Gasteiger partial charge in [-0.15, -0.1) is 0 Å². The summed E-state index contributed by atoms with van der Waals surface area (Å²) in [6.07, 6.45) is 2.10. The average Bonchev–Trinajstić information content (AvgIpc) is 2.40. The van der Waals surface area contributed by atoms with Crippen LogP contribution in [0.2, 0.25) is 0 Å². The number of likely N-dealkylation sites (N-methyl/N-ethyl adjacent to an activating group) is 1. The zero-order chi connectivity index (χ0) is 15.3. The van der Waals surface area contributed by atoms with E-state index >= 15 is 0 Å². The molecular weight excluding hydrogens is 254 g/mol. The van der Waals surface area contributed by atoms with E-state index in [9.17, 15) is 4.79 Å². The number of carbonyl (C=O) groups excluding carboxylic acids is 1. The standard InChI is InChI=1S/C15H31N3O2/c1-15(2,20-6)14(19)18(12-11-16(3)4)13-7-9-17(5)10-8-13/h13H,7-12H2,1-6H3. The van der Waals surface area contributed by atoms with Crippen LogP contribution in [0.25, 0.3) is 0 Å². The Hall–Kier alpha value is -0.650. The number of methoxy groups -OCH3 is 1. The number of amides is 1. The summed E-state index contributed by atoms with van der Waals surface area (Å²) in [5.41, 5.74) is -0.740. The summed E-state index contributed by atoms with van der Waals surface area (Å²) in [6.45, 7) is 7.48. The van der Waals surface area contributed by atoms with Crippen LogP contribution in [0.4, 0.5) is 0 Å². The van der Waals surface area contributed by atoms with E-state index in [1.165, 1.54) is 0 Å². The van der Waals surface area contributed by atoms with Crippen molar-refractivity contribution >= 4 is 5.91 Å². The Balaban J connectivity index is 2.76. The molecule has 5 nitrogen and oxygen atoms in total. The summed E-state index contributed by atoms with van der Waals surface area (Å²) in [7, 11) is 7.83. The predicted octanol–water partition coefficient (Wildman–Crippen LogP) is 0.896. The van der Waals surface area contributed by atoms with E-state index in [4.69, 9.17) is 4.74 Å². The molecule has 1 amide bonds. The Labute approximate surface area is 123 Å². The van der Waals surface area contributed by atoms with Crippen LogP contribution in [0.5, 0.6) is 0 Å². The Morgan fingerprint density at radius 3 is 2.25 bits per heavy atom. The molecular formula is C15H31N3O2. The Morgan fingerprint density at radius 1 is 1.25 bits per heavy atom. The number of nitrogens with zero attached hydrogens (tertiary/aromatic N) is 3. The fourth-order valence-electron chi connectivity index (χ4n) is 2.50. The van der Waals surface area contributed by atoms with Gasteiger partial charge in [-0.1, -0.05) is 0 Å². The van der Waals surface area contributed by atoms with Gasteiger partial charge in [0.15, 0.2) is 0 Å². The zero-order valence-corrected chi connectivity index (χ0v) is 14.0. The normalized spacial score (nSPS) is 18.6. The first-order chi connectivity index (χ1) is 9.27. The van der Waals surface area contributed by atoms with Gasteiger partial charge < -0.3 is 19.4 Å². The van der Waals surface area contributed by atoms with Gasteiger partial charge in [0.1, 0.15) is 5.60 Å². The van der Waals surface area contributed by atoms with Gasteiger partial charge >= 0.3 is 0 Å². The van der Waals surface area contributed by atoms with E-state index in [-0.39, 0.29) is 5.91 Å². The number of hydrogen-bond acceptors (Lipinski definition) is 4. The Bertz CT molecular complexity index is 310. The monoisotopic (exact) mass is 285 g/mol. The molecule has 1 saturated heterocycles. The lowest BCUT2D eigenvalue weighted by Crippen LogP contribution is -2.54. The summed E-state index contributed by atoms with van der Waals surface area (Å²) in [6, 6.07) is 0.341. The summed E-state index contributed by atoms with van der Waals surface area (Å²) >= 11 is 0. The van der Waals surface area contributed by atoms with E-state index in [1.807, 2.05) is 32.8 Å². The second-order valence-electron chi connectivity index (χ2n) is 6.55. The fraction of sp³-hybridized carbons (Fsp3) is 0.933. The van der Waals surface area contributed by atoms with Crippen molar-refractivity contribution < 1.29 is 9.53 Å². The third-order valence-electron chi connectivity index (χ3n) is 4.20. The van der Waals surface area contributed by atoms with Crippen molar-refractivity contribution in [3.05, 3.63) is 0 Å². The van der Waals surface area contributed by atoms with Crippen LogP contribution in [0.3, 0.4) is 0 Å². The van der Waals surface area contributed by atoms with Gasteiger partial charge in [0.05, 0.1) is 0 Å². The van der Waals surface area contributed by atoms with E-state index in [1.54, 1.807) is 7.11 Å². The van der Waals surface area contributed by atoms with Crippen LogP contribution in [-0.4, -0.2) is 86.7 Å². The number of piperidine rings is 1. The molecule has 1 fully saturated rings. The van der Waals surface area contributed by atoms with Crippen molar-refractivity contribution in [2.45, 2.75) is 38.3 Å². The van der Waals surface area contributed by atoms with Crippen LogP contribution in [0.15, 0.2) is 0 Å². The van der Waals surface area contributed by atoms with Gasteiger partial charge in [0.25, 0.3) is 5.91 Å². The molecule has 1 rings (SSSR count). The van der Waals surface area contributed by atoms with Crippen LogP contribution in [0.1, 0.15) is 26.7 Å². The molecule has 0 saturated carbocycles. The molecule has 0 bridgehead atoms. The SMILES string of the molecule is COC(C)(C)C(=O)N(CCN(C)C)C1CCN(C)CC1. The molecule has 0 N–H and O–H groups in total.